The summed E-state index contributed by atoms with van der Waals surface area (Å²) in [6, 6.07) is 0. The van der Waals surface area contributed by atoms with E-state index in [1.165, 1.54) is 0 Å². The molecule has 0 radical (unpaired) electrons. The van der Waals surface area contributed by atoms with Crippen LogP contribution < -0.4 is 5.32 Å². The van der Waals surface area contributed by atoms with Crippen molar-refractivity contribution < 1.29 is 4.74 Å². The van der Waals surface area contributed by atoms with Crippen molar-refractivity contribution in [2.24, 2.45) is 0 Å². The molecule has 1 aliphatic heterocycles. The van der Waals surface area contributed by atoms with E-state index >= 15 is 0 Å². The minimum Gasteiger partial charge on any atom is -0.380 e. The van der Waals surface area contributed by atoms with Gasteiger partial charge in [0.1, 0.15) is 0 Å². The third-order valence-corrected chi connectivity index (χ3v) is 3.10. The van der Waals surface area contributed by atoms with E-state index in [0.29, 0.717) is 0 Å². The molecule has 0 aromatic carbocycles. The molecule has 0 saturated carbocycles. The summed E-state index contributed by atoms with van der Waals surface area (Å²) in [5.74, 6) is 0. The predicted molar refractivity (Wildman–Crippen MR) is 69.3 cm³/mol. The minimum absolute atomic E-state index is 0.800. The lowest BCUT2D eigenvalue weighted by molar-refractivity contribution is 0.140. The SMILES string of the molecule is CCNCc1cn(CCN2CCCOCC2)nn1. The topological polar surface area (TPSA) is 55.2 Å². The maximum absolute atomic E-state index is 5.44. The third-order valence-electron chi connectivity index (χ3n) is 3.10. The first kappa shape index (κ1) is 13.5. The fourth-order valence-corrected chi connectivity index (χ4v) is 2.05. The lowest BCUT2D eigenvalue weighted by Gasteiger charge is -2.18. The molecule has 2 heterocycles. The summed E-state index contributed by atoms with van der Waals surface area (Å²) in [5, 5.41) is 11.5. The molecular weight excluding hydrogens is 230 g/mol. The molecule has 1 aromatic heterocycles. The van der Waals surface area contributed by atoms with Gasteiger partial charge in [-0.1, -0.05) is 12.1 Å². The van der Waals surface area contributed by atoms with E-state index in [-0.39, 0.29) is 0 Å². The Morgan fingerprint density at radius 3 is 3.17 bits per heavy atom. The third kappa shape index (κ3) is 4.36. The van der Waals surface area contributed by atoms with Crippen molar-refractivity contribution in [2.45, 2.75) is 26.4 Å². The van der Waals surface area contributed by atoms with Gasteiger partial charge in [-0.05, 0) is 13.0 Å². The van der Waals surface area contributed by atoms with Gasteiger partial charge < -0.3 is 10.1 Å². The Balaban J connectivity index is 1.73. The van der Waals surface area contributed by atoms with Gasteiger partial charge >= 0.3 is 0 Å². The van der Waals surface area contributed by atoms with E-state index in [1.54, 1.807) is 0 Å². The molecule has 1 fully saturated rings. The summed E-state index contributed by atoms with van der Waals surface area (Å²) in [7, 11) is 0. The van der Waals surface area contributed by atoms with Crippen LogP contribution >= 0.6 is 0 Å². The van der Waals surface area contributed by atoms with Crippen molar-refractivity contribution in [1.82, 2.24) is 25.2 Å². The molecule has 6 heteroatoms. The number of rotatable bonds is 6. The minimum atomic E-state index is 0.800. The largest absolute Gasteiger partial charge is 0.380 e. The molecule has 0 aliphatic carbocycles. The molecular formula is C12H23N5O. The first-order chi connectivity index (χ1) is 8.88. The van der Waals surface area contributed by atoms with E-state index in [9.17, 15) is 0 Å². The Kier molecular flexibility index (Phi) is 5.57. The average Bonchev–Trinajstić information content (AvgIpc) is 2.68. The van der Waals surface area contributed by atoms with E-state index in [1.807, 2.05) is 10.9 Å². The second-order valence-corrected chi connectivity index (χ2v) is 4.56. The van der Waals surface area contributed by atoms with Crippen LogP contribution in [0.5, 0.6) is 0 Å². The van der Waals surface area contributed by atoms with Gasteiger partial charge in [0.05, 0.1) is 18.8 Å². The van der Waals surface area contributed by atoms with Crippen molar-refractivity contribution in [3.8, 4) is 0 Å². The van der Waals surface area contributed by atoms with Gasteiger partial charge in [0.2, 0.25) is 0 Å². The summed E-state index contributed by atoms with van der Waals surface area (Å²) in [6.07, 6.45) is 3.15. The van der Waals surface area contributed by atoms with Crippen LogP contribution in [0.3, 0.4) is 0 Å². The highest BCUT2D eigenvalue weighted by atomic mass is 16.5. The van der Waals surface area contributed by atoms with Crippen LogP contribution in [-0.2, 0) is 17.8 Å². The Bertz CT molecular complexity index is 333. The molecule has 0 spiro atoms. The Hall–Kier alpha value is -0.980. The second kappa shape index (κ2) is 7.45. The van der Waals surface area contributed by atoms with Gasteiger partial charge in [0.15, 0.2) is 0 Å². The monoisotopic (exact) mass is 253 g/mol. The Labute approximate surface area is 108 Å². The van der Waals surface area contributed by atoms with Crippen LogP contribution in [0.1, 0.15) is 19.0 Å². The number of nitrogens with zero attached hydrogens (tertiary/aromatic N) is 4. The van der Waals surface area contributed by atoms with Crippen LogP contribution in [-0.4, -0.2) is 59.3 Å². The van der Waals surface area contributed by atoms with Gasteiger partial charge in [0, 0.05) is 39.0 Å². The molecule has 0 atom stereocenters. The maximum Gasteiger partial charge on any atom is 0.0964 e. The van der Waals surface area contributed by atoms with E-state index < -0.39 is 0 Å². The molecule has 1 aliphatic rings. The normalized spacial score (nSPS) is 17.8. The van der Waals surface area contributed by atoms with Crippen molar-refractivity contribution in [3.05, 3.63) is 11.9 Å². The maximum atomic E-state index is 5.44. The van der Waals surface area contributed by atoms with E-state index in [2.05, 4.69) is 27.5 Å². The highest BCUT2D eigenvalue weighted by molar-refractivity contribution is 4.91. The first-order valence-electron chi connectivity index (χ1n) is 6.78. The molecule has 2 rings (SSSR count). The smallest absolute Gasteiger partial charge is 0.0964 e. The van der Waals surface area contributed by atoms with Gasteiger partial charge in [-0.2, -0.15) is 0 Å². The zero-order chi connectivity index (χ0) is 12.6. The molecule has 1 saturated heterocycles. The van der Waals surface area contributed by atoms with Crippen molar-refractivity contribution >= 4 is 0 Å². The van der Waals surface area contributed by atoms with Crippen molar-refractivity contribution in [2.75, 3.05) is 39.4 Å². The van der Waals surface area contributed by atoms with Crippen LogP contribution in [0.4, 0.5) is 0 Å². The van der Waals surface area contributed by atoms with Gasteiger partial charge in [-0.15, -0.1) is 5.10 Å². The van der Waals surface area contributed by atoms with Crippen LogP contribution in [0.2, 0.25) is 0 Å². The van der Waals surface area contributed by atoms with Crippen molar-refractivity contribution in [1.29, 1.82) is 0 Å². The van der Waals surface area contributed by atoms with Crippen LogP contribution in [0.15, 0.2) is 6.20 Å². The molecule has 18 heavy (non-hydrogen) atoms. The predicted octanol–water partition coefficient (Wildman–Crippen LogP) is 0.110. The van der Waals surface area contributed by atoms with Gasteiger partial charge in [-0.3, -0.25) is 9.58 Å². The number of ether oxygens (including phenoxy) is 1. The Morgan fingerprint density at radius 1 is 1.33 bits per heavy atom. The quantitative estimate of drug-likeness (QED) is 0.780. The highest BCUT2D eigenvalue weighted by Crippen LogP contribution is 2.00. The average molecular weight is 253 g/mol. The van der Waals surface area contributed by atoms with Gasteiger partial charge in [-0.25, -0.2) is 0 Å². The molecule has 1 N–H and O–H groups in total. The standard InChI is InChI=1S/C12H23N5O/c1-2-13-10-12-11-17(15-14-12)6-5-16-4-3-8-18-9-7-16/h11,13H,2-10H2,1H3. The number of hydrogen-bond donors (Lipinski definition) is 1. The van der Waals surface area contributed by atoms with E-state index in [4.69, 9.17) is 4.74 Å². The molecule has 6 nitrogen and oxygen atoms in total. The molecule has 0 bridgehead atoms. The number of hydrogen-bond acceptors (Lipinski definition) is 5. The van der Waals surface area contributed by atoms with Crippen LogP contribution in [0, 0.1) is 0 Å². The van der Waals surface area contributed by atoms with E-state index in [0.717, 1.165) is 64.6 Å². The molecule has 1 aromatic rings. The lowest BCUT2D eigenvalue weighted by Crippen LogP contribution is -2.30. The number of aromatic nitrogens is 3. The Morgan fingerprint density at radius 2 is 2.28 bits per heavy atom. The summed E-state index contributed by atoms with van der Waals surface area (Å²) in [5.41, 5.74) is 1.01. The summed E-state index contributed by atoms with van der Waals surface area (Å²) in [4.78, 5) is 2.43. The highest BCUT2D eigenvalue weighted by Gasteiger charge is 2.09. The molecule has 102 valence electrons. The van der Waals surface area contributed by atoms with Crippen LogP contribution in [0.25, 0.3) is 0 Å². The fourth-order valence-electron chi connectivity index (χ4n) is 2.05. The van der Waals surface area contributed by atoms with Crippen molar-refractivity contribution in [3.63, 3.8) is 0 Å². The zero-order valence-corrected chi connectivity index (χ0v) is 11.1. The molecule has 0 amide bonds. The first-order valence-corrected chi connectivity index (χ1v) is 6.78. The summed E-state index contributed by atoms with van der Waals surface area (Å²) in [6.45, 7) is 9.67. The zero-order valence-electron chi connectivity index (χ0n) is 11.1. The summed E-state index contributed by atoms with van der Waals surface area (Å²) >= 11 is 0. The lowest BCUT2D eigenvalue weighted by atomic mass is 10.4. The molecule has 0 unspecified atom stereocenters. The second-order valence-electron chi connectivity index (χ2n) is 4.56. The van der Waals surface area contributed by atoms with Gasteiger partial charge in [0.25, 0.3) is 0 Å². The fraction of sp³-hybridized carbons (Fsp3) is 0.833. The summed E-state index contributed by atoms with van der Waals surface area (Å²) < 4.78 is 7.37. The number of nitrogens with one attached hydrogen (secondary N) is 1.